The molecule has 0 fully saturated rings. The summed E-state index contributed by atoms with van der Waals surface area (Å²) < 4.78 is 0. The smallest absolute Gasteiger partial charge is 0.869 e. The Bertz CT molecular complexity index is 2770. The molecule has 0 unspecified atom stereocenters. The van der Waals surface area contributed by atoms with Gasteiger partial charge < -0.3 is 30.6 Å². The van der Waals surface area contributed by atoms with Gasteiger partial charge in [-0.2, -0.15) is 0 Å². The predicted octanol–water partition coefficient (Wildman–Crippen LogP) is 28.4. The van der Waals surface area contributed by atoms with Crippen LogP contribution in [0.25, 0.3) is 0 Å². The number of hydrogen-bond acceptors (Lipinski definition) is 8. The second kappa shape index (κ2) is 66.2. The van der Waals surface area contributed by atoms with Crippen molar-refractivity contribution in [1.29, 1.82) is 0 Å². The van der Waals surface area contributed by atoms with Crippen molar-refractivity contribution in [3.05, 3.63) is 105 Å². The molecule has 0 amide bonds. The number of carboxylic acid groups (broad SMARTS) is 2. The van der Waals surface area contributed by atoms with Crippen LogP contribution in [0.15, 0.2) is 70.6 Å². The summed E-state index contributed by atoms with van der Waals surface area (Å²) in [6.45, 7) is 16.3. The average Bonchev–Trinajstić information content (AvgIpc) is 0.813. The number of carbonyl (C=O) groups is 2. The molecule has 10 nitrogen and oxygen atoms in total. The van der Waals surface area contributed by atoms with E-state index in [-0.39, 0.29) is 31.5 Å². The van der Waals surface area contributed by atoms with Crippen LogP contribution in [-0.4, -0.2) is 43.8 Å². The van der Waals surface area contributed by atoms with E-state index in [0.29, 0.717) is 35.1 Å². The van der Waals surface area contributed by atoms with Gasteiger partial charge in [-0.15, -0.1) is 0 Å². The average molecular weight is 1530 g/mol. The first kappa shape index (κ1) is 97.0. The maximum absolute atomic E-state index is 11.4. The fourth-order valence-electron chi connectivity index (χ4n) is 14.5. The zero-order valence-corrected chi connectivity index (χ0v) is 69.3. The number of aryl methyl sites for hydroxylation is 4. The van der Waals surface area contributed by atoms with Gasteiger partial charge in [-0.3, -0.25) is 9.98 Å². The van der Waals surface area contributed by atoms with Crippen LogP contribution in [-0.2, 0) is 46.1 Å². The molecular weight excluding hydrogens is 1380 g/mol. The summed E-state index contributed by atoms with van der Waals surface area (Å²) in [7, 11) is 0. The molecule has 0 aliphatic rings. The number of aromatic hydroxyl groups is 2. The molecule has 0 heterocycles. The molecule has 4 aromatic rings. The molecule has 0 spiro atoms. The minimum Gasteiger partial charge on any atom is -0.869 e. The summed E-state index contributed by atoms with van der Waals surface area (Å²) in [5, 5.41) is 59.2. The van der Waals surface area contributed by atoms with E-state index in [0.717, 1.165) is 61.3 Å². The fraction of sp³-hybridized carbons (Fsp3) is 0.699. The van der Waals surface area contributed by atoms with Gasteiger partial charge in [0.15, 0.2) is 0 Å². The summed E-state index contributed by atoms with van der Waals surface area (Å²) >= 11 is 0. The van der Waals surface area contributed by atoms with E-state index in [2.05, 4.69) is 76.2 Å². The van der Waals surface area contributed by atoms with Crippen LogP contribution in [0.4, 0.5) is 11.4 Å². The van der Waals surface area contributed by atoms with Gasteiger partial charge in [0.2, 0.25) is 0 Å². The molecule has 0 atom stereocenters. The SMILES string of the molecule is CCCCCCCCCCCCCCCCCCCCCCCCCCc1cccc(N=C(C)C(CCCC)=Nc2cccc(CCCCCCCCCCCCCCCCCCCCCCCCCC)c2)c1.CCCc1c(C)cc(O)c([O-])c1C(=O)O.CCCc1c(C)cc(O)c([O-])c1C(=O)O.[Pd+2]. The predicted molar refractivity (Wildman–Crippen MR) is 439 cm³/mol. The van der Waals surface area contributed by atoms with Crippen molar-refractivity contribution in [3.63, 3.8) is 0 Å². The van der Waals surface area contributed by atoms with E-state index in [1.54, 1.807) is 13.8 Å². The largest absolute Gasteiger partial charge is 2.00 e. The summed E-state index contributed by atoms with van der Waals surface area (Å²) in [5.41, 5.74) is 8.97. The summed E-state index contributed by atoms with van der Waals surface area (Å²) in [5.74, 6) is -5.13. The van der Waals surface area contributed by atoms with Crippen molar-refractivity contribution in [3.8, 4) is 23.0 Å². The Morgan fingerprint density at radius 1 is 0.337 bits per heavy atom. The molecule has 0 saturated carbocycles. The third-order valence-electron chi connectivity index (χ3n) is 20.8. The van der Waals surface area contributed by atoms with E-state index in [1.807, 2.05) is 13.8 Å². The summed E-state index contributed by atoms with van der Waals surface area (Å²) in [6, 6.07) is 20.7. The second-order valence-corrected chi connectivity index (χ2v) is 30.4. The Kier molecular flexibility index (Phi) is 61.8. The first-order chi connectivity index (χ1) is 50.1. The zero-order valence-electron chi connectivity index (χ0n) is 67.7. The van der Waals surface area contributed by atoms with E-state index in [1.165, 1.54) is 338 Å². The third-order valence-corrected chi connectivity index (χ3v) is 20.8. The Morgan fingerprint density at radius 2 is 0.587 bits per heavy atom. The van der Waals surface area contributed by atoms with Crippen molar-refractivity contribution in [2.24, 2.45) is 9.98 Å². The number of hydrogen-bond donors (Lipinski definition) is 4. The van der Waals surface area contributed by atoms with Gasteiger partial charge in [-0.05, 0) is 142 Å². The van der Waals surface area contributed by atoms with Crippen LogP contribution in [0.2, 0.25) is 0 Å². The quantitative estimate of drug-likeness (QED) is 0.0191. The van der Waals surface area contributed by atoms with Crippen LogP contribution in [0, 0.1) is 13.8 Å². The van der Waals surface area contributed by atoms with Gasteiger partial charge in [0.05, 0.1) is 33.9 Å². The van der Waals surface area contributed by atoms with Gasteiger partial charge in [0.1, 0.15) is 11.5 Å². The third kappa shape index (κ3) is 47.6. The minimum absolute atomic E-state index is 0. The number of benzene rings is 4. The molecule has 104 heavy (non-hydrogen) atoms. The second-order valence-electron chi connectivity index (χ2n) is 30.4. The molecule has 11 heteroatoms. The van der Waals surface area contributed by atoms with Gasteiger partial charge in [0, 0.05) is 0 Å². The molecule has 0 aliphatic carbocycles. The van der Waals surface area contributed by atoms with Crippen LogP contribution in [0.5, 0.6) is 23.0 Å². The first-order valence-electron chi connectivity index (χ1n) is 43.0. The molecule has 0 aromatic heterocycles. The van der Waals surface area contributed by atoms with E-state index in [4.69, 9.17) is 20.2 Å². The maximum atomic E-state index is 11.4. The number of carboxylic acids is 2. The molecule has 0 aliphatic heterocycles. The molecule has 4 rings (SSSR count). The van der Waals surface area contributed by atoms with Crippen LogP contribution >= 0.6 is 0 Å². The van der Waals surface area contributed by atoms with Crippen molar-refractivity contribution in [1.82, 2.24) is 0 Å². The number of phenols is 2. The van der Waals surface area contributed by atoms with Crippen LogP contribution < -0.4 is 10.2 Å². The topological polar surface area (TPSA) is 186 Å². The van der Waals surface area contributed by atoms with Crippen molar-refractivity contribution < 1.29 is 60.7 Å². The van der Waals surface area contributed by atoms with Crippen molar-refractivity contribution in [2.75, 3.05) is 0 Å². The van der Waals surface area contributed by atoms with E-state index >= 15 is 0 Å². The van der Waals surface area contributed by atoms with E-state index < -0.39 is 34.9 Å². The number of aliphatic imine (C=N–C) groups is 2. The fourth-order valence-corrected chi connectivity index (χ4v) is 14.5. The Balaban J connectivity index is 0.00000142. The standard InChI is InChI=1S/C71H126N2.2C11H14O4.Pd/c1-5-8-11-13-15-17-19-21-23-25-27-29-31-33-35-37-39-41-43-45-47-49-51-53-57-67-59-55-61-69(64-67)72-66(4)71(63-10-7-3)73-70-62-56-60-68(65-70)58-54-52-50-48-46-44-42-40-38-36-34-32-30-28-26-24-22-20-18-16-14-12-9-6-2;2*1-3-4-7-6(2)5-8(12)10(13)9(7)11(14)15;/h55-56,59-62,64-65H,5-54,57-58,63H2,1-4H3;2*5,12-13H,3-4H2,1-2H3,(H,14,15);/q;;;+2/p-2. The normalized spacial score (nSPS) is 11.5. The van der Waals surface area contributed by atoms with Gasteiger partial charge in [-0.25, -0.2) is 9.59 Å². The molecule has 4 N–H and O–H groups in total. The number of phenolic OH excluding ortho intramolecular Hbond substituents is 2. The minimum atomic E-state index is -1.28. The maximum Gasteiger partial charge on any atom is 2.00 e. The number of rotatable bonds is 62. The number of nitrogens with zero attached hydrogens (tertiary/aromatic N) is 2. The summed E-state index contributed by atoms with van der Waals surface area (Å²) in [6.07, 6.45) is 77.3. The first-order valence-corrected chi connectivity index (χ1v) is 43.0. The molecule has 592 valence electrons. The molecule has 0 saturated heterocycles. The zero-order chi connectivity index (χ0) is 75.2. The molecule has 0 radical (unpaired) electrons. The summed E-state index contributed by atoms with van der Waals surface area (Å²) in [4.78, 5) is 32.2. The molecular formula is C93H152N2O8Pd. The van der Waals surface area contributed by atoms with Gasteiger partial charge in [0.25, 0.3) is 0 Å². The van der Waals surface area contributed by atoms with Crippen LogP contribution in [0.3, 0.4) is 0 Å². The van der Waals surface area contributed by atoms with Gasteiger partial charge >= 0.3 is 32.4 Å². The molecule has 4 aromatic carbocycles. The van der Waals surface area contributed by atoms with E-state index in [9.17, 15) is 30.0 Å². The van der Waals surface area contributed by atoms with Gasteiger partial charge in [-0.1, -0.05) is 385 Å². The molecule has 0 bridgehead atoms. The Hall–Kier alpha value is -4.98. The number of aromatic carboxylic acids is 2. The Morgan fingerprint density at radius 3 is 0.837 bits per heavy atom. The number of unbranched alkanes of at least 4 members (excludes halogenated alkanes) is 47. The van der Waals surface area contributed by atoms with Crippen molar-refractivity contribution in [2.45, 2.75) is 421 Å². The monoisotopic (exact) mass is 1530 g/mol. The van der Waals surface area contributed by atoms with Crippen molar-refractivity contribution >= 4 is 34.7 Å². The van der Waals surface area contributed by atoms with Crippen LogP contribution in [0.1, 0.15) is 436 Å². The Labute approximate surface area is 650 Å².